The van der Waals surface area contributed by atoms with Crippen molar-refractivity contribution < 1.29 is 24.5 Å². The van der Waals surface area contributed by atoms with Gasteiger partial charge >= 0.3 is 5.97 Å². The molecule has 0 spiro atoms. The molecular formula is C27H46N2O5. The number of fused-ring (bicyclic) bond motifs is 5. The summed E-state index contributed by atoms with van der Waals surface area (Å²) in [5.74, 6) is 1.54. The van der Waals surface area contributed by atoms with Crippen LogP contribution >= 0.6 is 0 Å². The Morgan fingerprint density at radius 1 is 1.12 bits per heavy atom. The summed E-state index contributed by atoms with van der Waals surface area (Å²) in [6.07, 6.45) is 6.85. The van der Waals surface area contributed by atoms with Crippen molar-refractivity contribution in [2.75, 3.05) is 13.7 Å². The molecule has 5 unspecified atom stereocenters. The van der Waals surface area contributed by atoms with Crippen molar-refractivity contribution in [2.24, 2.45) is 52.1 Å². The maximum absolute atomic E-state index is 11.9. The summed E-state index contributed by atoms with van der Waals surface area (Å²) in [5, 5.41) is 26.2. The number of nitrogens with two attached hydrogens (primary N) is 1. The number of carbonyl (C=O) groups excluding carboxylic acids is 2. The summed E-state index contributed by atoms with van der Waals surface area (Å²) in [5.41, 5.74) is 5.35. The number of methoxy groups -OCH3 is 1. The normalized spacial score (nSPS) is 46.6. The van der Waals surface area contributed by atoms with Gasteiger partial charge in [0, 0.05) is 12.5 Å². The first kappa shape index (κ1) is 25.9. The molecule has 0 radical (unpaired) electrons. The van der Waals surface area contributed by atoms with E-state index in [1.165, 1.54) is 7.11 Å². The molecule has 0 aromatic heterocycles. The molecule has 0 heterocycles. The lowest BCUT2D eigenvalue weighted by Crippen LogP contribution is -2.63. The van der Waals surface area contributed by atoms with Gasteiger partial charge in [0.05, 0.1) is 25.9 Å². The zero-order chi connectivity index (χ0) is 24.8. The van der Waals surface area contributed by atoms with E-state index < -0.39 is 6.10 Å². The summed E-state index contributed by atoms with van der Waals surface area (Å²) in [6, 6.07) is 0.128. The first-order valence-electron chi connectivity index (χ1n) is 13.5. The average molecular weight is 479 g/mol. The Balaban J connectivity index is 1.53. The van der Waals surface area contributed by atoms with E-state index in [2.05, 4.69) is 26.1 Å². The van der Waals surface area contributed by atoms with Crippen molar-refractivity contribution in [3.63, 3.8) is 0 Å². The number of esters is 1. The number of hydrogen-bond donors (Lipinski definition) is 4. The van der Waals surface area contributed by atoms with Crippen LogP contribution < -0.4 is 11.1 Å². The van der Waals surface area contributed by atoms with Crippen LogP contribution in [0, 0.1) is 46.3 Å². The Hall–Kier alpha value is -1.18. The van der Waals surface area contributed by atoms with Crippen LogP contribution in [-0.4, -0.2) is 54.0 Å². The van der Waals surface area contributed by atoms with Gasteiger partial charge in [-0.2, -0.15) is 0 Å². The molecule has 11 atom stereocenters. The zero-order valence-electron chi connectivity index (χ0n) is 21.5. The fourth-order valence-electron chi connectivity index (χ4n) is 9.22. The number of amides is 1. The maximum atomic E-state index is 11.9. The number of hydrogen-bond acceptors (Lipinski definition) is 6. The molecule has 0 aromatic rings. The number of ether oxygens (including phenoxy) is 1. The van der Waals surface area contributed by atoms with E-state index in [0.29, 0.717) is 36.0 Å². The van der Waals surface area contributed by atoms with Crippen LogP contribution in [-0.2, 0) is 14.3 Å². The molecule has 34 heavy (non-hydrogen) atoms. The molecule has 4 fully saturated rings. The topological polar surface area (TPSA) is 122 Å². The van der Waals surface area contributed by atoms with Crippen molar-refractivity contribution in [3.05, 3.63) is 0 Å². The molecule has 0 aliphatic heterocycles. The van der Waals surface area contributed by atoms with Gasteiger partial charge in [0.25, 0.3) is 0 Å². The molecule has 5 N–H and O–H groups in total. The fourth-order valence-corrected chi connectivity index (χ4v) is 9.22. The number of aliphatic hydroxyl groups excluding tert-OH is 2. The van der Waals surface area contributed by atoms with E-state index in [0.717, 1.165) is 51.4 Å². The highest BCUT2D eigenvalue weighted by Gasteiger charge is 2.65. The first-order valence-corrected chi connectivity index (χ1v) is 13.5. The van der Waals surface area contributed by atoms with E-state index in [4.69, 9.17) is 10.5 Å². The Morgan fingerprint density at radius 2 is 1.85 bits per heavy atom. The van der Waals surface area contributed by atoms with E-state index in [9.17, 15) is 19.8 Å². The third-order valence-corrected chi connectivity index (χ3v) is 11.1. The standard InChI is InChI=1S/C27H46N2O5/c1-15(5-8-24(33)34-4)18-6-7-19-25-20(13-22(31)27(18,19)3)26(2)10-9-17(29-23(32)14-28)11-16(26)12-21(25)30/h15-22,25,30-31H,5-14,28H2,1-4H3,(H,29,32)/t15?,16-,17-,18+,19?,20?,21?,22-,25?,26-,27+/m0/s1. The summed E-state index contributed by atoms with van der Waals surface area (Å²) >= 11 is 0. The SMILES string of the molecule is COC(=O)CCC(C)[C@H]1CCC2C3C(O)C[C@@H]4C[C@@H](NC(=O)CN)CC[C@]4(C)C3C[C@H](O)[C@@]21C. The molecule has 7 nitrogen and oxygen atoms in total. The van der Waals surface area contributed by atoms with Crippen molar-refractivity contribution >= 4 is 11.9 Å². The highest BCUT2D eigenvalue weighted by molar-refractivity contribution is 5.78. The van der Waals surface area contributed by atoms with E-state index >= 15 is 0 Å². The second kappa shape index (κ2) is 9.70. The van der Waals surface area contributed by atoms with Gasteiger partial charge in [-0.25, -0.2) is 0 Å². The second-order valence-electron chi connectivity index (χ2n) is 12.4. The molecule has 0 bridgehead atoms. The van der Waals surface area contributed by atoms with Gasteiger partial charge in [-0.3, -0.25) is 9.59 Å². The van der Waals surface area contributed by atoms with Gasteiger partial charge in [-0.15, -0.1) is 0 Å². The second-order valence-corrected chi connectivity index (χ2v) is 12.4. The molecule has 4 saturated carbocycles. The van der Waals surface area contributed by atoms with Crippen molar-refractivity contribution in [1.29, 1.82) is 0 Å². The number of carbonyl (C=O) groups is 2. The quantitative estimate of drug-likeness (QED) is 0.436. The van der Waals surface area contributed by atoms with E-state index in [1.54, 1.807) is 0 Å². The van der Waals surface area contributed by atoms with Crippen LogP contribution in [0.1, 0.15) is 78.6 Å². The van der Waals surface area contributed by atoms with Crippen LogP contribution in [0.2, 0.25) is 0 Å². The lowest BCUT2D eigenvalue weighted by Gasteiger charge is -2.63. The molecule has 0 saturated heterocycles. The molecular weight excluding hydrogens is 432 g/mol. The Bertz CT molecular complexity index is 776. The fraction of sp³-hybridized carbons (Fsp3) is 0.926. The largest absolute Gasteiger partial charge is 0.469 e. The monoisotopic (exact) mass is 478 g/mol. The lowest BCUT2D eigenvalue weighted by molar-refractivity contribution is -0.202. The average Bonchev–Trinajstić information content (AvgIpc) is 3.17. The smallest absolute Gasteiger partial charge is 0.305 e. The Kier molecular flexibility index (Phi) is 7.39. The van der Waals surface area contributed by atoms with Gasteiger partial charge in [-0.05, 0) is 97.7 Å². The third-order valence-electron chi connectivity index (χ3n) is 11.1. The molecule has 4 rings (SSSR count). The Labute approximate surface area is 204 Å². The minimum absolute atomic E-state index is 0.0113. The van der Waals surface area contributed by atoms with E-state index in [1.807, 2.05) is 0 Å². The third kappa shape index (κ3) is 4.20. The van der Waals surface area contributed by atoms with Gasteiger partial charge in [0.1, 0.15) is 0 Å². The molecule has 1 amide bonds. The van der Waals surface area contributed by atoms with E-state index in [-0.39, 0.29) is 47.3 Å². The number of rotatable bonds is 6. The van der Waals surface area contributed by atoms with Crippen molar-refractivity contribution in [1.82, 2.24) is 5.32 Å². The van der Waals surface area contributed by atoms with Gasteiger partial charge in [0.2, 0.25) is 5.91 Å². The predicted molar refractivity (Wildman–Crippen MR) is 129 cm³/mol. The molecule has 0 aromatic carbocycles. The van der Waals surface area contributed by atoms with Crippen LogP contribution in [0.4, 0.5) is 0 Å². The van der Waals surface area contributed by atoms with Gasteiger partial charge < -0.3 is 26.0 Å². The summed E-state index contributed by atoms with van der Waals surface area (Å²) in [7, 11) is 1.43. The van der Waals surface area contributed by atoms with Crippen LogP contribution in [0.25, 0.3) is 0 Å². The Morgan fingerprint density at radius 3 is 2.53 bits per heavy atom. The molecule has 4 aliphatic rings. The first-order chi connectivity index (χ1) is 16.1. The maximum Gasteiger partial charge on any atom is 0.305 e. The highest BCUT2D eigenvalue weighted by atomic mass is 16.5. The highest BCUT2D eigenvalue weighted by Crippen LogP contribution is 2.68. The molecule has 7 heteroatoms. The molecule has 194 valence electrons. The van der Waals surface area contributed by atoms with Crippen LogP contribution in [0.3, 0.4) is 0 Å². The van der Waals surface area contributed by atoms with Crippen LogP contribution in [0.5, 0.6) is 0 Å². The van der Waals surface area contributed by atoms with Gasteiger partial charge in [0.15, 0.2) is 0 Å². The summed E-state index contributed by atoms with van der Waals surface area (Å²) < 4.78 is 4.85. The number of aliphatic hydroxyl groups is 2. The molecule has 4 aliphatic carbocycles. The minimum atomic E-state index is -0.399. The summed E-state index contributed by atoms with van der Waals surface area (Å²) in [6.45, 7) is 6.86. The van der Waals surface area contributed by atoms with Crippen LogP contribution in [0.15, 0.2) is 0 Å². The summed E-state index contributed by atoms with van der Waals surface area (Å²) in [4.78, 5) is 23.6. The van der Waals surface area contributed by atoms with Crippen molar-refractivity contribution in [2.45, 2.75) is 96.8 Å². The zero-order valence-corrected chi connectivity index (χ0v) is 21.5. The minimum Gasteiger partial charge on any atom is -0.469 e. The number of nitrogens with one attached hydrogen (secondary N) is 1. The predicted octanol–water partition coefficient (Wildman–Crippen LogP) is 2.62. The lowest BCUT2D eigenvalue weighted by atomic mass is 9.43. The van der Waals surface area contributed by atoms with Crippen molar-refractivity contribution in [3.8, 4) is 0 Å². The van der Waals surface area contributed by atoms with Gasteiger partial charge in [-0.1, -0.05) is 20.8 Å².